The van der Waals surface area contributed by atoms with Crippen LogP contribution in [0.25, 0.3) is 0 Å². The van der Waals surface area contributed by atoms with Gasteiger partial charge in [0.2, 0.25) is 11.8 Å². The van der Waals surface area contributed by atoms with Gasteiger partial charge in [-0.1, -0.05) is 55.8 Å². The van der Waals surface area contributed by atoms with E-state index in [9.17, 15) is 18.0 Å². The van der Waals surface area contributed by atoms with Crippen LogP contribution in [0.4, 0.5) is 5.69 Å². The number of ether oxygens (including phenoxy) is 1. The van der Waals surface area contributed by atoms with Gasteiger partial charge in [0.25, 0.3) is 10.0 Å². The fraction of sp³-hybridized carbons (Fsp3) is 0.310. The van der Waals surface area contributed by atoms with E-state index in [2.05, 4.69) is 5.32 Å². The molecule has 1 N–H and O–H groups in total. The summed E-state index contributed by atoms with van der Waals surface area (Å²) in [7, 11) is -2.61. The van der Waals surface area contributed by atoms with E-state index in [1.54, 1.807) is 66.7 Å². The van der Waals surface area contributed by atoms with E-state index in [1.807, 2.05) is 13.8 Å². The quantitative estimate of drug-likeness (QED) is 0.315. The summed E-state index contributed by atoms with van der Waals surface area (Å²) >= 11 is 6.05. The SMILES string of the molecule is CCCNC(=O)[C@@H](CC)N(Cc1ccc(Cl)cc1)C(=O)CN(c1ccc(OC)cc1)S(=O)(=O)c1ccccc1. The van der Waals surface area contributed by atoms with Gasteiger partial charge in [0.05, 0.1) is 17.7 Å². The minimum atomic E-state index is -4.12. The topological polar surface area (TPSA) is 96.0 Å². The second kappa shape index (κ2) is 14.0. The van der Waals surface area contributed by atoms with Crippen LogP contribution in [0.5, 0.6) is 5.75 Å². The Balaban J connectivity index is 2.03. The van der Waals surface area contributed by atoms with E-state index in [1.165, 1.54) is 24.1 Å². The van der Waals surface area contributed by atoms with E-state index >= 15 is 0 Å². The molecule has 0 unspecified atom stereocenters. The second-order valence-corrected chi connectivity index (χ2v) is 11.2. The molecule has 3 rings (SSSR count). The molecular weight excluding hydrogens is 538 g/mol. The van der Waals surface area contributed by atoms with Crippen molar-refractivity contribution in [1.29, 1.82) is 0 Å². The molecule has 0 saturated carbocycles. The molecule has 0 aliphatic heterocycles. The van der Waals surface area contributed by atoms with Gasteiger partial charge in [0, 0.05) is 18.1 Å². The molecule has 2 amide bonds. The van der Waals surface area contributed by atoms with Crippen LogP contribution in [-0.4, -0.2) is 51.4 Å². The van der Waals surface area contributed by atoms with Gasteiger partial charge in [-0.2, -0.15) is 0 Å². The van der Waals surface area contributed by atoms with Crippen molar-refractivity contribution in [1.82, 2.24) is 10.2 Å². The minimum Gasteiger partial charge on any atom is -0.497 e. The number of nitrogens with zero attached hydrogens (tertiary/aromatic N) is 2. The number of hydrogen-bond acceptors (Lipinski definition) is 5. The molecule has 10 heteroatoms. The van der Waals surface area contributed by atoms with Crippen molar-refractivity contribution >= 4 is 39.1 Å². The maximum Gasteiger partial charge on any atom is 0.264 e. The highest BCUT2D eigenvalue weighted by atomic mass is 35.5. The zero-order valence-electron chi connectivity index (χ0n) is 22.3. The Morgan fingerprint density at radius 2 is 1.59 bits per heavy atom. The van der Waals surface area contributed by atoms with E-state index in [4.69, 9.17) is 16.3 Å². The number of halogens is 1. The van der Waals surface area contributed by atoms with Gasteiger partial charge in [-0.25, -0.2) is 8.42 Å². The summed E-state index contributed by atoms with van der Waals surface area (Å²) in [5, 5.41) is 3.41. The molecular formula is C29H34ClN3O5S. The molecule has 208 valence electrons. The highest BCUT2D eigenvalue weighted by molar-refractivity contribution is 7.92. The summed E-state index contributed by atoms with van der Waals surface area (Å²) in [6, 6.07) is 20.5. The minimum absolute atomic E-state index is 0.0469. The molecule has 3 aromatic carbocycles. The standard InChI is InChI=1S/C29H34ClN3O5S/c1-4-19-31-29(35)27(5-2)32(20-22-11-13-23(30)14-12-22)28(34)21-33(24-15-17-25(38-3)18-16-24)39(36,37)26-9-7-6-8-10-26/h6-18,27H,4-5,19-21H2,1-3H3,(H,31,35)/t27-/m1/s1. The first kappa shape index (κ1) is 30.0. The summed E-state index contributed by atoms with van der Waals surface area (Å²) in [5.41, 5.74) is 1.05. The summed E-state index contributed by atoms with van der Waals surface area (Å²) < 4.78 is 33.9. The Morgan fingerprint density at radius 1 is 0.949 bits per heavy atom. The van der Waals surface area contributed by atoms with Gasteiger partial charge in [0.15, 0.2) is 0 Å². The lowest BCUT2D eigenvalue weighted by Crippen LogP contribution is -2.52. The third kappa shape index (κ3) is 7.74. The molecule has 0 fully saturated rings. The Labute approximate surface area is 235 Å². The monoisotopic (exact) mass is 571 g/mol. The van der Waals surface area contributed by atoms with Crippen LogP contribution in [0, 0.1) is 0 Å². The van der Waals surface area contributed by atoms with E-state index in [0.717, 1.165) is 16.3 Å². The Kier molecular flexibility index (Phi) is 10.8. The number of carbonyl (C=O) groups excluding carboxylic acids is 2. The first-order chi connectivity index (χ1) is 18.7. The molecule has 3 aromatic rings. The van der Waals surface area contributed by atoms with Crippen molar-refractivity contribution in [2.24, 2.45) is 0 Å². The third-order valence-electron chi connectivity index (χ3n) is 6.17. The van der Waals surface area contributed by atoms with Gasteiger partial charge in [-0.3, -0.25) is 13.9 Å². The Morgan fingerprint density at radius 3 is 2.15 bits per heavy atom. The Hall–Kier alpha value is -3.56. The molecule has 0 saturated heterocycles. The van der Waals surface area contributed by atoms with Crippen LogP contribution >= 0.6 is 11.6 Å². The van der Waals surface area contributed by atoms with Gasteiger partial charge >= 0.3 is 0 Å². The fourth-order valence-electron chi connectivity index (χ4n) is 4.07. The van der Waals surface area contributed by atoms with Crippen molar-refractivity contribution in [3.63, 3.8) is 0 Å². The normalized spacial score (nSPS) is 11.9. The number of amides is 2. The first-order valence-corrected chi connectivity index (χ1v) is 14.6. The highest BCUT2D eigenvalue weighted by Gasteiger charge is 2.33. The number of sulfonamides is 1. The molecule has 0 aliphatic carbocycles. The smallest absolute Gasteiger partial charge is 0.264 e. The average Bonchev–Trinajstić information content (AvgIpc) is 2.96. The third-order valence-corrected chi connectivity index (χ3v) is 8.21. The van der Waals surface area contributed by atoms with Gasteiger partial charge < -0.3 is 15.0 Å². The maximum atomic E-state index is 14.0. The Bertz CT molecular complexity index is 1330. The van der Waals surface area contributed by atoms with Gasteiger partial charge in [-0.15, -0.1) is 0 Å². The fourth-order valence-corrected chi connectivity index (χ4v) is 5.63. The van der Waals surface area contributed by atoms with Crippen molar-refractivity contribution in [2.45, 2.75) is 44.2 Å². The molecule has 0 radical (unpaired) electrons. The van der Waals surface area contributed by atoms with E-state index < -0.39 is 28.5 Å². The molecule has 8 nitrogen and oxygen atoms in total. The average molecular weight is 572 g/mol. The van der Waals surface area contributed by atoms with Crippen molar-refractivity contribution in [3.8, 4) is 5.75 Å². The molecule has 0 heterocycles. The van der Waals surface area contributed by atoms with Crippen molar-refractivity contribution in [2.75, 3.05) is 24.5 Å². The largest absolute Gasteiger partial charge is 0.497 e. The van der Waals surface area contributed by atoms with Gasteiger partial charge in [0.1, 0.15) is 18.3 Å². The number of benzene rings is 3. The lowest BCUT2D eigenvalue weighted by molar-refractivity contribution is -0.140. The highest BCUT2D eigenvalue weighted by Crippen LogP contribution is 2.26. The maximum absolute atomic E-state index is 14.0. The van der Waals surface area contributed by atoms with Crippen molar-refractivity contribution in [3.05, 3.63) is 89.4 Å². The number of carbonyl (C=O) groups is 2. The van der Waals surface area contributed by atoms with E-state index in [0.29, 0.717) is 29.4 Å². The number of hydrogen-bond donors (Lipinski definition) is 1. The molecule has 0 aromatic heterocycles. The lowest BCUT2D eigenvalue weighted by atomic mass is 10.1. The molecule has 0 spiro atoms. The lowest BCUT2D eigenvalue weighted by Gasteiger charge is -2.33. The molecule has 39 heavy (non-hydrogen) atoms. The molecule has 0 bridgehead atoms. The van der Waals surface area contributed by atoms with Crippen LogP contribution in [0.3, 0.4) is 0 Å². The zero-order chi connectivity index (χ0) is 28.4. The van der Waals surface area contributed by atoms with Crippen molar-refractivity contribution < 1.29 is 22.7 Å². The van der Waals surface area contributed by atoms with Crippen LogP contribution < -0.4 is 14.4 Å². The number of nitrogens with one attached hydrogen (secondary N) is 1. The number of anilines is 1. The van der Waals surface area contributed by atoms with Crippen LogP contribution in [0.15, 0.2) is 83.8 Å². The first-order valence-electron chi connectivity index (χ1n) is 12.7. The number of methoxy groups -OCH3 is 1. The molecule has 0 aliphatic rings. The summed E-state index contributed by atoms with van der Waals surface area (Å²) in [6.45, 7) is 3.84. The second-order valence-electron chi connectivity index (χ2n) is 8.89. The summed E-state index contributed by atoms with van der Waals surface area (Å²) in [6.07, 6.45) is 1.09. The zero-order valence-corrected chi connectivity index (χ0v) is 23.9. The predicted octanol–water partition coefficient (Wildman–Crippen LogP) is 4.88. The summed E-state index contributed by atoms with van der Waals surface area (Å²) in [4.78, 5) is 28.5. The van der Waals surface area contributed by atoms with Crippen LogP contribution in [-0.2, 0) is 26.2 Å². The predicted molar refractivity (Wildman–Crippen MR) is 153 cm³/mol. The van der Waals surface area contributed by atoms with Crippen LogP contribution in [0.1, 0.15) is 32.3 Å². The van der Waals surface area contributed by atoms with Crippen LogP contribution in [0.2, 0.25) is 5.02 Å². The molecule has 1 atom stereocenters. The number of rotatable bonds is 13. The van der Waals surface area contributed by atoms with Gasteiger partial charge in [-0.05, 0) is 66.9 Å². The summed E-state index contributed by atoms with van der Waals surface area (Å²) in [5.74, 6) is -0.257. The van der Waals surface area contributed by atoms with E-state index in [-0.39, 0.29) is 17.3 Å².